The zero-order chi connectivity index (χ0) is 18.0. The van der Waals surface area contributed by atoms with Gasteiger partial charge in [-0.25, -0.2) is 0 Å². The van der Waals surface area contributed by atoms with E-state index in [9.17, 15) is 0 Å². The van der Waals surface area contributed by atoms with E-state index in [0.29, 0.717) is 6.61 Å². The van der Waals surface area contributed by atoms with Gasteiger partial charge in [-0.1, -0.05) is 54.9 Å². The van der Waals surface area contributed by atoms with Gasteiger partial charge >= 0.3 is 8.80 Å². The summed E-state index contributed by atoms with van der Waals surface area (Å²) in [5, 5.41) is 0. The highest BCUT2D eigenvalue weighted by Gasteiger charge is 2.51. The Labute approximate surface area is 149 Å². The molecule has 0 fully saturated rings. The summed E-state index contributed by atoms with van der Waals surface area (Å²) in [5.41, 5.74) is 0. The lowest BCUT2D eigenvalue weighted by molar-refractivity contribution is 0.163. The third kappa shape index (κ3) is 6.40. The van der Waals surface area contributed by atoms with Crippen LogP contribution in [0.25, 0.3) is 0 Å². The van der Waals surface area contributed by atoms with Crippen LogP contribution in [-0.2, 0) is 12.7 Å². The van der Waals surface area contributed by atoms with Crippen molar-refractivity contribution in [2.45, 2.75) is 104 Å². The Kier molecular flexibility index (Phi) is 11.5. The number of rotatable bonds is 14. The van der Waals surface area contributed by atoms with Crippen molar-refractivity contribution in [1.29, 1.82) is 0 Å². The molecule has 0 aromatic heterocycles. The molecule has 0 amide bonds. The fourth-order valence-electron chi connectivity index (χ4n) is 3.37. The second kappa shape index (κ2) is 11.2. The first-order valence-corrected chi connectivity index (χ1v) is 16.9. The topological polar surface area (TPSA) is 27.7 Å². The maximum absolute atomic E-state index is 6.98. The van der Waals surface area contributed by atoms with Crippen LogP contribution in [0.15, 0.2) is 0 Å². The van der Waals surface area contributed by atoms with Crippen LogP contribution < -0.4 is 0 Å². The third-order valence-corrected chi connectivity index (χ3v) is 21.1. The Morgan fingerprint density at radius 2 is 0.913 bits per heavy atom. The molecule has 3 nitrogen and oxygen atoms in total. The Morgan fingerprint density at radius 3 is 1.13 bits per heavy atom. The van der Waals surface area contributed by atoms with Gasteiger partial charge in [0.2, 0.25) is 0 Å². The van der Waals surface area contributed by atoms with Crippen molar-refractivity contribution in [2.24, 2.45) is 0 Å². The molecule has 6 heteroatoms. The van der Waals surface area contributed by atoms with Crippen molar-refractivity contribution < 1.29 is 12.7 Å². The first-order valence-electron chi connectivity index (χ1n) is 9.94. The fraction of sp³-hybridized carbons (Fsp3) is 1.00. The van der Waals surface area contributed by atoms with Crippen molar-refractivity contribution >= 4 is 25.4 Å². The van der Waals surface area contributed by atoms with E-state index in [2.05, 4.69) is 55.4 Å². The minimum absolute atomic E-state index is 0.704. The van der Waals surface area contributed by atoms with Crippen LogP contribution in [0.2, 0.25) is 42.3 Å². The SMILES string of the molecule is CCC[Si](OCC)(O[Si](CC)(CC)CC)O[Si](CC)(CC)CC. The average Bonchev–Trinajstić information content (AvgIpc) is 2.58. The van der Waals surface area contributed by atoms with E-state index in [-0.39, 0.29) is 0 Å². The van der Waals surface area contributed by atoms with Gasteiger partial charge in [-0.2, -0.15) is 0 Å². The summed E-state index contributed by atoms with van der Waals surface area (Å²) >= 11 is 0. The van der Waals surface area contributed by atoms with E-state index in [1.807, 2.05) is 0 Å². The Morgan fingerprint density at radius 1 is 0.565 bits per heavy atom. The van der Waals surface area contributed by atoms with Gasteiger partial charge in [0.1, 0.15) is 0 Å². The third-order valence-electron chi connectivity index (χ3n) is 5.53. The quantitative estimate of drug-likeness (QED) is 0.327. The summed E-state index contributed by atoms with van der Waals surface area (Å²) in [5.74, 6) is 0. The molecule has 0 rings (SSSR count). The maximum atomic E-state index is 6.98. The van der Waals surface area contributed by atoms with Gasteiger partial charge in [0.25, 0.3) is 0 Å². The molecule has 0 aromatic carbocycles. The number of hydrogen-bond donors (Lipinski definition) is 0. The van der Waals surface area contributed by atoms with Gasteiger partial charge in [-0.3, -0.25) is 0 Å². The smallest absolute Gasteiger partial charge is 0.416 e. The predicted molar refractivity (Wildman–Crippen MR) is 109 cm³/mol. The van der Waals surface area contributed by atoms with E-state index < -0.39 is 25.4 Å². The molecule has 0 aromatic rings. The van der Waals surface area contributed by atoms with Crippen LogP contribution in [0, 0.1) is 0 Å². The first kappa shape index (κ1) is 23.5. The maximum Gasteiger partial charge on any atom is 0.480 e. The van der Waals surface area contributed by atoms with Crippen LogP contribution in [0.1, 0.15) is 61.8 Å². The molecule has 140 valence electrons. The Bertz CT molecular complexity index is 259. The number of hydrogen-bond acceptors (Lipinski definition) is 3. The van der Waals surface area contributed by atoms with E-state index in [4.69, 9.17) is 12.7 Å². The lowest BCUT2D eigenvalue weighted by Crippen LogP contribution is -2.60. The molecule has 0 heterocycles. The Hall–Kier alpha value is 0.531. The van der Waals surface area contributed by atoms with Crippen molar-refractivity contribution in [3.05, 3.63) is 0 Å². The van der Waals surface area contributed by atoms with E-state index in [1.165, 1.54) is 0 Å². The molecule has 0 spiro atoms. The summed E-state index contributed by atoms with van der Waals surface area (Å²) in [4.78, 5) is 0. The summed E-state index contributed by atoms with van der Waals surface area (Å²) in [6, 6.07) is 7.94. The monoisotopic (exact) mass is 378 g/mol. The summed E-state index contributed by atoms with van der Waals surface area (Å²) in [7, 11) is -6.03. The molecular formula is C17H42O3Si3. The summed E-state index contributed by atoms with van der Waals surface area (Å²) < 4.78 is 20.3. The van der Waals surface area contributed by atoms with Crippen molar-refractivity contribution in [2.75, 3.05) is 6.61 Å². The van der Waals surface area contributed by atoms with Crippen LogP contribution in [-0.4, -0.2) is 32.0 Å². The molecule has 0 saturated heterocycles. The normalized spacial score (nSPS) is 13.6. The molecule has 0 unspecified atom stereocenters. The molecule has 0 aliphatic heterocycles. The molecule has 0 radical (unpaired) electrons. The van der Waals surface area contributed by atoms with E-state index in [0.717, 1.165) is 48.7 Å². The van der Waals surface area contributed by atoms with Crippen LogP contribution in [0.3, 0.4) is 0 Å². The van der Waals surface area contributed by atoms with Crippen LogP contribution in [0.4, 0.5) is 0 Å². The van der Waals surface area contributed by atoms with Gasteiger partial charge in [0, 0.05) is 12.7 Å². The average molecular weight is 379 g/mol. The van der Waals surface area contributed by atoms with Crippen molar-refractivity contribution in [1.82, 2.24) is 0 Å². The van der Waals surface area contributed by atoms with Gasteiger partial charge in [-0.15, -0.1) is 0 Å². The molecule has 0 saturated carbocycles. The molecule has 0 aliphatic carbocycles. The van der Waals surface area contributed by atoms with Crippen LogP contribution in [0.5, 0.6) is 0 Å². The molecule has 0 atom stereocenters. The predicted octanol–water partition coefficient (Wildman–Crippen LogP) is 6.42. The highest BCUT2D eigenvalue weighted by Crippen LogP contribution is 2.35. The lowest BCUT2D eigenvalue weighted by atomic mass is 10.6. The van der Waals surface area contributed by atoms with Gasteiger partial charge in [0.15, 0.2) is 16.6 Å². The zero-order valence-electron chi connectivity index (χ0n) is 17.1. The standard InChI is InChI=1S/C17H42O3Si3/c1-9-17-23(18-10-2,19-21(11-3,12-4)13-5)20-22(14-6,15-7)16-8/h9-17H2,1-8H3. The highest BCUT2D eigenvalue weighted by molar-refractivity contribution is 6.87. The fourth-order valence-corrected chi connectivity index (χ4v) is 18.1. The first-order chi connectivity index (χ1) is 10.9. The summed E-state index contributed by atoms with van der Waals surface area (Å²) in [6.45, 7) is 18.8. The highest BCUT2D eigenvalue weighted by atomic mass is 28.5. The molecule has 0 bridgehead atoms. The van der Waals surface area contributed by atoms with E-state index >= 15 is 0 Å². The lowest BCUT2D eigenvalue weighted by Gasteiger charge is -2.44. The minimum Gasteiger partial charge on any atom is -0.416 e. The van der Waals surface area contributed by atoms with Gasteiger partial charge in [0.05, 0.1) is 0 Å². The van der Waals surface area contributed by atoms with Gasteiger partial charge < -0.3 is 12.7 Å². The molecule has 0 N–H and O–H groups in total. The second-order valence-electron chi connectivity index (χ2n) is 6.56. The van der Waals surface area contributed by atoms with Crippen LogP contribution >= 0.6 is 0 Å². The minimum atomic E-state index is -2.57. The van der Waals surface area contributed by atoms with E-state index in [1.54, 1.807) is 0 Å². The summed E-state index contributed by atoms with van der Waals surface area (Å²) in [6.07, 6.45) is 1.08. The zero-order valence-corrected chi connectivity index (χ0v) is 20.1. The Balaban J connectivity index is 5.70. The molecule has 23 heavy (non-hydrogen) atoms. The van der Waals surface area contributed by atoms with Crippen molar-refractivity contribution in [3.63, 3.8) is 0 Å². The molecule has 0 aliphatic rings. The largest absolute Gasteiger partial charge is 0.480 e. The van der Waals surface area contributed by atoms with Crippen molar-refractivity contribution in [3.8, 4) is 0 Å². The van der Waals surface area contributed by atoms with Gasteiger partial charge in [-0.05, 0) is 43.2 Å². The second-order valence-corrected chi connectivity index (χ2v) is 19.3. The molecular weight excluding hydrogens is 336 g/mol.